The minimum atomic E-state index is -0.122. The van der Waals surface area contributed by atoms with E-state index in [1.54, 1.807) is 43.5 Å². The standard InChI is InChI=1S/C24H25N7OS/c1-26-24(32)20-6-7-28-23-18(4-3-5-19(20)23)16(13-33-2)11-29-22-9-21(30-14-31-22)15-8-17(25)12-27-10-15/h3-10,12,14,16H,11,13,25H2,1-2H3,(H,26,32)(H,29,30,31). The molecule has 0 saturated heterocycles. The van der Waals surface area contributed by atoms with Crippen LogP contribution in [0.5, 0.6) is 0 Å². The topological polar surface area (TPSA) is 119 Å². The van der Waals surface area contributed by atoms with Crippen LogP contribution in [0.25, 0.3) is 22.2 Å². The zero-order chi connectivity index (χ0) is 23.2. The first kappa shape index (κ1) is 22.5. The van der Waals surface area contributed by atoms with E-state index >= 15 is 0 Å². The number of fused-ring (bicyclic) bond motifs is 1. The molecule has 4 aromatic rings. The lowest BCUT2D eigenvalue weighted by molar-refractivity contribution is 0.0964. The largest absolute Gasteiger partial charge is 0.397 e. The van der Waals surface area contributed by atoms with E-state index in [2.05, 4.69) is 42.9 Å². The van der Waals surface area contributed by atoms with Gasteiger partial charge in [-0.3, -0.25) is 14.8 Å². The van der Waals surface area contributed by atoms with Gasteiger partial charge in [-0.2, -0.15) is 11.8 Å². The second-order valence-corrected chi connectivity index (χ2v) is 8.42. The highest BCUT2D eigenvalue weighted by Crippen LogP contribution is 2.29. The Kier molecular flexibility index (Phi) is 6.99. The van der Waals surface area contributed by atoms with Crippen molar-refractivity contribution in [3.63, 3.8) is 0 Å². The number of nitrogens with zero attached hydrogens (tertiary/aromatic N) is 4. The molecule has 0 spiro atoms. The molecule has 0 fully saturated rings. The van der Waals surface area contributed by atoms with Gasteiger partial charge in [0.25, 0.3) is 5.91 Å². The maximum atomic E-state index is 12.3. The van der Waals surface area contributed by atoms with Crippen LogP contribution >= 0.6 is 11.8 Å². The first-order chi connectivity index (χ1) is 16.1. The van der Waals surface area contributed by atoms with Crippen LogP contribution in [0, 0.1) is 0 Å². The zero-order valence-electron chi connectivity index (χ0n) is 18.4. The second-order valence-electron chi connectivity index (χ2n) is 7.51. The van der Waals surface area contributed by atoms with E-state index in [-0.39, 0.29) is 11.8 Å². The van der Waals surface area contributed by atoms with Crippen LogP contribution in [0.4, 0.5) is 11.5 Å². The molecule has 0 aliphatic rings. The Bertz CT molecular complexity index is 1280. The first-order valence-corrected chi connectivity index (χ1v) is 11.9. The van der Waals surface area contributed by atoms with Crippen LogP contribution in [-0.4, -0.2) is 51.4 Å². The molecule has 168 valence electrons. The van der Waals surface area contributed by atoms with Crippen molar-refractivity contribution in [3.05, 3.63) is 72.4 Å². The van der Waals surface area contributed by atoms with Gasteiger partial charge in [0, 0.05) is 60.9 Å². The number of nitrogens with one attached hydrogen (secondary N) is 2. The molecular weight excluding hydrogens is 434 g/mol. The van der Waals surface area contributed by atoms with Crippen LogP contribution < -0.4 is 16.4 Å². The third-order valence-corrected chi connectivity index (χ3v) is 6.07. The smallest absolute Gasteiger partial charge is 0.251 e. The van der Waals surface area contributed by atoms with E-state index in [1.807, 2.05) is 24.3 Å². The molecule has 33 heavy (non-hydrogen) atoms. The predicted molar refractivity (Wildman–Crippen MR) is 134 cm³/mol. The Morgan fingerprint density at radius 3 is 2.82 bits per heavy atom. The highest BCUT2D eigenvalue weighted by atomic mass is 32.2. The van der Waals surface area contributed by atoms with Crippen molar-refractivity contribution in [1.82, 2.24) is 25.3 Å². The maximum absolute atomic E-state index is 12.3. The fraction of sp³-hybridized carbons (Fsp3) is 0.208. The molecule has 9 heteroatoms. The molecular formula is C24H25N7OS. The summed E-state index contributed by atoms with van der Waals surface area (Å²) in [7, 11) is 1.63. The van der Waals surface area contributed by atoms with Gasteiger partial charge in [0.15, 0.2) is 0 Å². The predicted octanol–water partition coefficient (Wildman–Crippen LogP) is 3.59. The van der Waals surface area contributed by atoms with Crippen molar-refractivity contribution in [2.45, 2.75) is 5.92 Å². The number of pyridine rings is 2. The van der Waals surface area contributed by atoms with E-state index in [9.17, 15) is 4.79 Å². The Labute approximate surface area is 196 Å². The third-order valence-electron chi connectivity index (χ3n) is 5.33. The van der Waals surface area contributed by atoms with Gasteiger partial charge >= 0.3 is 0 Å². The lowest BCUT2D eigenvalue weighted by Gasteiger charge is -2.19. The number of hydrogen-bond donors (Lipinski definition) is 3. The maximum Gasteiger partial charge on any atom is 0.251 e. The minimum absolute atomic E-state index is 0.122. The van der Waals surface area contributed by atoms with Gasteiger partial charge < -0.3 is 16.4 Å². The molecule has 3 aromatic heterocycles. The lowest BCUT2D eigenvalue weighted by atomic mass is 9.95. The number of carbonyl (C=O) groups excluding carboxylic acids is 1. The molecule has 0 bridgehead atoms. The molecule has 3 heterocycles. The number of anilines is 2. The number of rotatable bonds is 8. The summed E-state index contributed by atoms with van der Waals surface area (Å²) < 4.78 is 0. The Balaban J connectivity index is 1.61. The number of hydrogen-bond acceptors (Lipinski definition) is 8. The van der Waals surface area contributed by atoms with E-state index in [4.69, 9.17) is 5.73 Å². The third kappa shape index (κ3) is 5.04. The molecule has 0 aliphatic carbocycles. The van der Waals surface area contributed by atoms with E-state index < -0.39 is 0 Å². The van der Waals surface area contributed by atoms with Gasteiger partial charge in [-0.1, -0.05) is 18.2 Å². The van der Waals surface area contributed by atoms with Gasteiger partial charge in [-0.25, -0.2) is 9.97 Å². The van der Waals surface area contributed by atoms with Crippen LogP contribution in [-0.2, 0) is 0 Å². The SMILES string of the molecule is CNC(=O)c1ccnc2c(C(CNc3cc(-c4cncc(N)c4)ncn3)CSC)cccc12. The summed E-state index contributed by atoms with van der Waals surface area (Å²) in [6.45, 7) is 0.650. The lowest BCUT2D eigenvalue weighted by Crippen LogP contribution is -2.19. The van der Waals surface area contributed by atoms with Crippen molar-refractivity contribution in [3.8, 4) is 11.3 Å². The highest BCUT2D eigenvalue weighted by molar-refractivity contribution is 7.98. The molecule has 1 amide bonds. The van der Waals surface area contributed by atoms with Crippen LogP contribution in [0.3, 0.4) is 0 Å². The Hall–Kier alpha value is -3.72. The Morgan fingerprint density at radius 2 is 2.03 bits per heavy atom. The van der Waals surface area contributed by atoms with Crippen LogP contribution in [0.15, 0.2) is 61.3 Å². The monoisotopic (exact) mass is 459 g/mol. The summed E-state index contributed by atoms with van der Waals surface area (Å²) in [5.74, 6) is 1.63. The molecule has 4 rings (SSSR count). The number of aromatic nitrogens is 4. The zero-order valence-corrected chi connectivity index (χ0v) is 19.3. The van der Waals surface area contributed by atoms with Crippen LogP contribution in [0.2, 0.25) is 0 Å². The fourth-order valence-corrected chi connectivity index (χ4v) is 4.46. The molecule has 1 aromatic carbocycles. The van der Waals surface area contributed by atoms with Crippen molar-refractivity contribution in [2.75, 3.05) is 36.7 Å². The van der Waals surface area contributed by atoms with Gasteiger partial charge in [-0.15, -0.1) is 0 Å². The number of nitrogens with two attached hydrogens (primary N) is 1. The average Bonchev–Trinajstić information content (AvgIpc) is 2.85. The summed E-state index contributed by atoms with van der Waals surface area (Å²) in [4.78, 5) is 29.8. The van der Waals surface area contributed by atoms with Gasteiger partial charge in [0.2, 0.25) is 0 Å². The van der Waals surface area contributed by atoms with Gasteiger partial charge in [-0.05, 0) is 24.0 Å². The summed E-state index contributed by atoms with van der Waals surface area (Å²) in [6, 6.07) is 11.5. The number of benzene rings is 1. The number of para-hydroxylation sites is 1. The summed E-state index contributed by atoms with van der Waals surface area (Å²) >= 11 is 1.76. The summed E-state index contributed by atoms with van der Waals surface area (Å²) in [5.41, 5.74) is 10.6. The molecule has 8 nitrogen and oxygen atoms in total. The number of nitrogen functional groups attached to an aromatic ring is 1. The van der Waals surface area contributed by atoms with Crippen molar-refractivity contribution < 1.29 is 4.79 Å². The molecule has 0 aliphatic heterocycles. The second kappa shape index (κ2) is 10.3. The highest BCUT2D eigenvalue weighted by Gasteiger charge is 2.18. The van der Waals surface area contributed by atoms with Gasteiger partial charge in [0.1, 0.15) is 12.1 Å². The van der Waals surface area contributed by atoms with Crippen molar-refractivity contribution in [1.29, 1.82) is 0 Å². The molecule has 4 N–H and O–H groups in total. The van der Waals surface area contributed by atoms with Crippen LogP contribution in [0.1, 0.15) is 21.8 Å². The average molecular weight is 460 g/mol. The molecule has 1 atom stereocenters. The molecule has 0 radical (unpaired) electrons. The van der Waals surface area contributed by atoms with E-state index in [0.717, 1.165) is 33.5 Å². The minimum Gasteiger partial charge on any atom is -0.397 e. The summed E-state index contributed by atoms with van der Waals surface area (Å²) in [6.07, 6.45) is 8.63. The fourth-order valence-electron chi connectivity index (χ4n) is 3.76. The quantitative estimate of drug-likeness (QED) is 0.366. The van der Waals surface area contributed by atoms with Crippen molar-refractivity contribution in [2.24, 2.45) is 0 Å². The first-order valence-electron chi connectivity index (χ1n) is 10.5. The number of carbonyl (C=O) groups is 1. The summed E-state index contributed by atoms with van der Waals surface area (Å²) in [5, 5.41) is 7.00. The van der Waals surface area contributed by atoms with Crippen molar-refractivity contribution >= 4 is 40.1 Å². The number of amides is 1. The normalized spacial score (nSPS) is 11.8. The molecule has 0 saturated carbocycles. The molecule has 1 unspecified atom stereocenters. The number of thioether (sulfide) groups is 1. The van der Waals surface area contributed by atoms with E-state index in [0.29, 0.717) is 23.6 Å². The van der Waals surface area contributed by atoms with E-state index in [1.165, 1.54) is 6.33 Å². The Morgan fingerprint density at radius 1 is 1.15 bits per heavy atom. The van der Waals surface area contributed by atoms with Gasteiger partial charge in [0.05, 0.1) is 22.5 Å².